The average molecular weight is 450 g/mol. The van der Waals surface area contributed by atoms with Gasteiger partial charge in [-0.15, -0.1) is 5.10 Å². The number of para-hydroxylation sites is 2. The van der Waals surface area contributed by atoms with Crippen molar-refractivity contribution < 1.29 is 14.2 Å². The van der Waals surface area contributed by atoms with Crippen LogP contribution in [0.5, 0.6) is 17.2 Å². The van der Waals surface area contributed by atoms with Gasteiger partial charge in [0.1, 0.15) is 12.4 Å². The molecule has 3 heterocycles. The highest BCUT2D eigenvalue weighted by Gasteiger charge is 2.27. The number of fused-ring (bicyclic) bond motifs is 2. The molecule has 0 spiro atoms. The van der Waals surface area contributed by atoms with Crippen LogP contribution in [-0.4, -0.2) is 27.8 Å². The summed E-state index contributed by atoms with van der Waals surface area (Å²) in [4.78, 5) is 17.9. The maximum absolute atomic E-state index is 12.8. The number of thiazole rings is 1. The molecule has 0 saturated carbocycles. The number of ether oxygens (including phenoxy) is 3. The van der Waals surface area contributed by atoms with Crippen LogP contribution < -0.4 is 24.3 Å². The Morgan fingerprint density at radius 3 is 2.75 bits per heavy atom. The van der Waals surface area contributed by atoms with Crippen molar-refractivity contribution in [3.8, 4) is 17.2 Å². The molecule has 0 bridgehead atoms. The van der Waals surface area contributed by atoms with Gasteiger partial charge in [-0.25, -0.2) is 0 Å². The van der Waals surface area contributed by atoms with Crippen LogP contribution in [0.25, 0.3) is 11.0 Å². The second kappa shape index (κ2) is 9.00. The van der Waals surface area contributed by atoms with Crippen LogP contribution in [-0.2, 0) is 0 Å². The minimum absolute atomic E-state index is 0.194. The molecule has 1 aliphatic rings. The zero-order valence-corrected chi connectivity index (χ0v) is 18.5. The van der Waals surface area contributed by atoms with Gasteiger partial charge in [0.2, 0.25) is 4.96 Å². The molecule has 1 aliphatic heterocycles. The summed E-state index contributed by atoms with van der Waals surface area (Å²) >= 11 is 1.31. The quantitative estimate of drug-likeness (QED) is 0.400. The van der Waals surface area contributed by atoms with Crippen molar-refractivity contribution >= 4 is 22.4 Å². The van der Waals surface area contributed by atoms with Crippen molar-refractivity contribution in [2.75, 3.05) is 13.2 Å². The fourth-order valence-corrected chi connectivity index (χ4v) is 4.40. The number of hydrogen-bond donors (Lipinski definition) is 0. The third kappa shape index (κ3) is 4.18. The van der Waals surface area contributed by atoms with Gasteiger partial charge in [-0.1, -0.05) is 55.4 Å². The first-order valence-electron chi connectivity index (χ1n) is 10.7. The summed E-state index contributed by atoms with van der Waals surface area (Å²) < 4.78 is 19.4. The highest BCUT2D eigenvalue weighted by Crippen LogP contribution is 2.35. The number of unbranched alkanes of at least 4 members (excludes halogenated alkanes) is 2. The molecule has 4 aromatic rings. The third-order valence-corrected chi connectivity index (χ3v) is 6.15. The Balaban J connectivity index is 1.33. The van der Waals surface area contributed by atoms with Crippen LogP contribution >= 0.6 is 11.3 Å². The lowest BCUT2D eigenvalue weighted by Crippen LogP contribution is -2.26. The molecule has 5 rings (SSSR count). The first-order valence-corrected chi connectivity index (χ1v) is 11.6. The van der Waals surface area contributed by atoms with Gasteiger partial charge in [-0.2, -0.15) is 9.50 Å². The maximum Gasteiger partial charge on any atom is 0.291 e. The minimum atomic E-state index is -0.450. The summed E-state index contributed by atoms with van der Waals surface area (Å²) in [5, 5.41) is 4.39. The molecule has 164 valence electrons. The van der Waals surface area contributed by atoms with Crippen LogP contribution in [0.2, 0.25) is 0 Å². The fourth-order valence-electron chi connectivity index (χ4n) is 3.49. The van der Waals surface area contributed by atoms with E-state index in [0.29, 0.717) is 33.4 Å². The summed E-state index contributed by atoms with van der Waals surface area (Å²) in [6.45, 7) is 3.19. The molecule has 2 aromatic heterocycles. The Bertz CT molecular complexity index is 1330. The Kier molecular flexibility index (Phi) is 5.77. The Labute approximate surface area is 188 Å². The lowest BCUT2D eigenvalue weighted by atomic mass is 10.2. The molecule has 1 atom stereocenters. The van der Waals surface area contributed by atoms with Gasteiger partial charge < -0.3 is 14.2 Å². The number of rotatable bonds is 7. The first-order chi connectivity index (χ1) is 15.7. The zero-order chi connectivity index (χ0) is 21.9. The first kappa shape index (κ1) is 20.5. The smallest absolute Gasteiger partial charge is 0.291 e. The van der Waals surface area contributed by atoms with E-state index < -0.39 is 6.10 Å². The van der Waals surface area contributed by atoms with Gasteiger partial charge in [0.25, 0.3) is 5.56 Å². The lowest BCUT2D eigenvalue weighted by molar-refractivity contribution is 0.0852. The minimum Gasteiger partial charge on any atom is -0.494 e. The van der Waals surface area contributed by atoms with Gasteiger partial charge in [0, 0.05) is 0 Å². The molecule has 0 N–H and O–H groups in total. The highest BCUT2D eigenvalue weighted by atomic mass is 32.1. The molecule has 0 amide bonds. The van der Waals surface area contributed by atoms with E-state index in [1.807, 2.05) is 54.6 Å². The van der Waals surface area contributed by atoms with Gasteiger partial charge in [-0.3, -0.25) is 4.79 Å². The molecule has 7 nitrogen and oxygen atoms in total. The zero-order valence-electron chi connectivity index (χ0n) is 17.7. The van der Waals surface area contributed by atoms with Crippen LogP contribution in [0.1, 0.15) is 43.7 Å². The van der Waals surface area contributed by atoms with Gasteiger partial charge in [-0.05, 0) is 42.3 Å². The molecule has 2 aromatic carbocycles. The Morgan fingerprint density at radius 2 is 1.97 bits per heavy atom. The summed E-state index contributed by atoms with van der Waals surface area (Å²) in [7, 11) is 0. The van der Waals surface area contributed by atoms with E-state index in [0.717, 1.165) is 24.3 Å². The van der Waals surface area contributed by atoms with E-state index in [1.165, 1.54) is 28.7 Å². The SMILES string of the molecule is CCCCCOc1ccc(/C=c2\sc3nc(C4COc5ccccc5O4)nn3c2=O)cc1. The molecule has 0 fully saturated rings. The number of nitrogens with zero attached hydrogens (tertiary/aromatic N) is 3. The van der Waals surface area contributed by atoms with Crippen molar-refractivity contribution in [1.82, 2.24) is 14.6 Å². The summed E-state index contributed by atoms with van der Waals surface area (Å²) in [5.74, 6) is 2.63. The topological polar surface area (TPSA) is 74.9 Å². The van der Waals surface area contributed by atoms with E-state index in [1.54, 1.807) is 0 Å². The van der Waals surface area contributed by atoms with Crippen molar-refractivity contribution in [1.29, 1.82) is 0 Å². The van der Waals surface area contributed by atoms with Crippen LogP contribution in [0, 0.1) is 0 Å². The normalized spacial score (nSPS) is 15.9. The largest absolute Gasteiger partial charge is 0.494 e. The lowest BCUT2D eigenvalue weighted by Gasteiger charge is -2.24. The number of aromatic nitrogens is 3. The second-order valence-electron chi connectivity index (χ2n) is 7.57. The van der Waals surface area contributed by atoms with E-state index in [9.17, 15) is 4.79 Å². The highest BCUT2D eigenvalue weighted by molar-refractivity contribution is 7.15. The van der Waals surface area contributed by atoms with E-state index >= 15 is 0 Å². The average Bonchev–Trinajstić information content (AvgIpc) is 3.37. The van der Waals surface area contributed by atoms with E-state index in [4.69, 9.17) is 14.2 Å². The van der Waals surface area contributed by atoms with Crippen LogP contribution in [0.4, 0.5) is 0 Å². The van der Waals surface area contributed by atoms with Crippen molar-refractivity contribution in [3.63, 3.8) is 0 Å². The maximum atomic E-state index is 12.8. The summed E-state index contributed by atoms with van der Waals surface area (Å²) in [5.41, 5.74) is 0.731. The van der Waals surface area contributed by atoms with Crippen molar-refractivity contribution in [3.05, 3.63) is 74.8 Å². The van der Waals surface area contributed by atoms with Gasteiger partial charge in [0.05, 0.1) is 11.1 Å². The number of benzene rings is 2. The molecule has 0 saturated heterocycles. The molecule has 1 unspecified atom stereocenters. The monoisotopic (exact) mass is 449 g/mol. The molecule has 32 heavy (non-hydrogen) atoms. The Hall–Kier alpha value is -3.39. The van der Waals surface area contributed by atoms with Gasteiger partial charge in [0.15, 0.2) is 23.4 Å². The standard InChI is InChI=1S/C24H23N3O4S/c1-2-3-6-13-29-17-11-9-16(10-12-17)14-21-23(28)27-24(32-21)25-22(26-27)20-15-30-18-7-4-5-8-19(18)31-20/h4-5,7-12,14,20H,2-3,6,13,15H2,1H3/b21-14-. The summed E-state index contributed by atoms with van der Waals surface area (Å²) in [6, 6.07) is 15.2. The molecule has 0 aliphatic carbocycles. The molecular formula is C24H23N3O4S. The van der Waals surface area contributed by atoms with Crippen molar-refractivity contribution in [2.45, 2.75) is 32.3 Å². The van der Waals surface area contributed by atoms with Crippen LogP contribution in [0.3, 0.4) is 0 Å². The number of hydrogen-bond acceptors (Lipinski definition) is 7. The molecule has 0 radical (unpaired) electrons. The summed E-state index contributed by atoms with van der Waals surface area (Å²) in [6.07, 6.45) is 4.79. The van der Waals surface area contributed by atoms with Gasteiger partial charge >= 0.3 is 0 Å². The van der Waals surface area contributed by atoms with Crippen LogP contribution in [0.15, 0.2) is 53.3 Å². The fraction of sp³-hybridized carbons (Fsp3) is 0.292. The predicted octanol–water partition coefficient (Wildman–Crippen LogP) is 3.78. The van der Waals surface area contributed by atoms with Crippen molar-refractivity contribution in [2.24, 2.45) is 0 Å². The molecule has 8 heteroatoms. The molecular weight excluding hydrogens is 426 g/mol. The predicted molar refractivity (Wildman–Crippen MR) is 123 cm³/mol. The Morgan fingerprint density at radius 1 is 1.16 bits per heavy atom. The third-order valence-electron chi connectivity index (χ3n) is 5.19. The van der Waals surface area contributed by atoms with E-state index in [-0.39, 0.29) is 5.56 Å². The second-order valence-corrected chi connectivity index (χ2v) is 8.58. The van der Waals surface area contributed by atoms with E-state index in [2.05, 4.69) is 17.0 Å².